The standard InChI is InChI=1S/C14H20O2/c1-2-9-16-14(15)13-8-7-11-5-3-4-6-12(11)10-13/h2,13H,1,3-10H2. The fourth-order valence-corrected chi connectivity index (χ4v) is 2.79. The molecule has 1 unspecified atom stereocenters. The molecule has 2 aliphatic carbocycles. The molecule has 88 valence electrons. The minimum absolute atomic E-state index is 0.0305. The van der Waals surface area contributed by atoms with Crippen molar-refractivity contribution in [3.05, 3.63) is 23.8 Å². The van der Waals surface area contributed by atoms with Crippen molar-refractivity contribution >= 4 is 5.97 Å². The Balaban J connectivity index is 1.93. The predicted octanol–water partition coefficient (Wildman–Crippen LogP) is 3.39. The zero-order valence-electron chi connectivity index (χ0n) is 9.84. The molecule has 0 saturated heterocycles. The van der Waals surface area contributed by atoms with Gasteiger partial charge in [-0.05, 0) is 44.9 Å². The lowest BCUT2D eigenvalue weighted by Gasteiger charge is -2.29. The topological polar surface area (TPSA) is 26.3 Å². The third kappa shape index (κ3) is 2.55. The van der Waals surface area contributed by atoms with E-state index in [1.807, 2.05) is 0 Å². The smallest absolute Gasteiger partial charge is 0.309 e. The summed E-state index contributed by atoms with van der Waals surface area (Å²) in [7, 11) is 0. The highest BCUT2D eigenvalue weighted by Gasteiger charge is 2.28. The summed E-state index contributed by atoms with van der Waals surface area (Å²) in [6, 6.07) is 0. The van der Waals surface area contributed by atoms with Crippen LogP contribution in [0, 0.1) is 5.92 Å². The van der Waals surface area contributed by atoms with E-state index in [0.717, 1.165) is 19.3 Å². The molecule has 0 aromatic heterocycles. The second-order valence-corrected chi connectivity index (χ2v) is 4.77. The second-order valence-electron chi connectivity index (χ2n) is 4.77. The van der Waals surface area contributed by atoms with Gasteiger partial charge in [0.2, 0.25) is 0 Å². The molecule has 0 saturated carbocycles. The van der Waals surface area contributed by atoms with Crippen molar-refractivity contribution in [2.75, 3.05) is 6.61 Å². The zero-order valence-corrected chi connectivity index (χ0v) is 9.84. The Bertz CT molecular complexity index is 315. The van der Waals surface area contributed by atoms with Crippen molar-refractivity contribution in [1.82, 2.24) is 0 Å². The molecule has 2 heteroatoms. The molecule has 2 aliphatic rings. The minimum atomic E-state index is -0.0305. The summed E-state index contributed by atoms with van der Waals surface area (Å²) in [6.45, 7) is 3.91. The van der Waals surface area contributed by atoms with Gasteiger partial charge >= 0.3 is 5.97 Å². The van der Waals surface area contributed by atoms with Gasteiger partial charge in [-0.3, -0.25) is 4.79 Å². The third-order valence-electron chi connectivity index (χ3n) is 3.67. The van der Waals surface area contributed by atoms with Gasteiger partial charge in [0.25, 0.3) is 0 Å². The van der Waals surface area contributed by atoms with E-state index >= 15 is 0 Å². The Labute approximate surface area is 97.4 Å². The summed E-state index contributed by atoms with van der Waals surface area (Å²) >= 11 is 0. The number of carbonyl (C=O) groups excluding carboxylic acids is 1. The van der Waals surface area contributed by atoms with Crippen molar-refractivity contribution in [3.63, 3.8) is 0 Å². The number of hydrogen-bond acceptors (Lipinski definition) is 2. The molecular formula is C14H20O2. The van der Waals surface area contributed by atoms with Gasteiger partial charge in [0, 0.05) is 0 Å². The predicted molar refractivity (Wildman–Crippen MR) is 64.0 cm³/mol. The molecule has 1 atom stereocenters. The first kappa shape index (κ1) is 11.4. The highest BCUT2D eigenvalue weighted by Crippen LogP contribution is 2.38. The fraction of sp³-hybridized carbons (Fsp3) is 0.643. The van der Waals surface area contributed by atoms with E-state index < -0.39 is 0 Å². The van der Waals surface area contributed by atoms with Crippen LogP contribution < -0.4 is 0 Å². The van der Waals surface area contributed by atoms with Gasteiger partial charge in [-0.15, -0.1) is 0 Å². The van der Waals surface area contributed by atoms with Crippen LogP contribution in [0.15, 0.2) is 23.8 Å². The zero-order chi connectivity index (χ0) is 11.4. The van der Waals surface area contributed by atoms with Gasteiger partial charge < -0.3 is 4.74 Å². The largest absolute Gasteiger partial charge is 0.461 e. The van der Waals surface area contributed by atoms with E-state index in [9.17, 15) is 4.79 Å². The van der Waals surface area contributed by atoms with Crippen LogP contribution >= 0.6 is 0 Å². The van der Waals surface area contributed by atoms with Crippen LogP contribution in [0.2, 0.25) is 0 Å². The number of esters is 1. The number of ether oxygens (including phenoxy) is 1. The maximum atomic E-state index is 11.7. The quantitative estimate of drug-likeness (QED) is 0.538. The third-order valence-corrected chi connectivity index (χ3v) is 3.67. The Kier molecular flexibility index (Phi) is 3.81. The number of rotatable bonds is 3. The Morgan fingerprint density at radius 2 is 2.06 bits per heavy atom. The Morgan fingerprint density at radius 1 is 1.31 bits per heavy atom. The molecule has 0 radical (unpaired) electrons. The molecular weight excluding hydrogens is 200 g/mol. The molecule has 0 aromatic rings. The number of carbonyl (C=O) groups is 1. The molecule has 2 nitrogen and oxygen atoms in total. The van der Waals surface area contributed by atoms with E-state index in [0.29, 0.717) is 6.61 Å². The van der Waals surface area contributed by atoms with E-state index in [4.69, 9.17) is 4.74 Å². The van der Waals surface area contributed by atoms with Crippen LogP contribution in [0.3, 0.4) is 0 Å². The molecule has 16 heavy (non-hydrogen) atoms. The van der Waals surface area contributed by atoms with E-state index in [2.05, 4.69) is 6.58 Å². The van der Waals surface area contributed by atoms with Gasteiger partial charge in [0.15, 0.2) is 0 Å². The van der Waals surface area contributed by atoms with Crippen molar-refractivity contribution in [3.8, 4) is 0 Å². The molecule has 0 fully saturated rings. The highest BCUT2D eigenvalue weighted by molar-refractivity contribution is 5.73. The van der Waals surface area contributed by atoms with Gasteiger partial charge in [0.1, 0.15) is 6.61 Å². The average Bonchev–Trinajstić information content (AvgIpc) is 2.35. The lowest BCUT2D eigenvalue weighted by Crippen LogP contribution is -2.23. The van der Waals surface area contributed by atoms with Crippen LogP contribution in [0.1, 0.15) is 44.9 Å². The van der Waals surface area contributed by atoms with Crippen molar-refractivity contribution in [2.24, 2.45) is 5.92 Å². The fourth-order valence-electron chi connectivity index (χ4n) is 2.79. The van der Waals surface area contributed by atoms with Gasteiger partial charge in [-0.2, -0.15) is 0 Å². The molecule has 0 spiro atoms. The lowest BCUT2D eigenvalue weighted by atomic mass is 9.77. The minimum Gasteiger partial charge on any atom is -0.461 e. The molecule has 0 aromatic carbocycles. The molecule has 0 N–H and O–H groups in total. The van der Waals surface area contributed by atoms with E-state index in [-0.39, 0.29) is 11.9 Å². The monoisotopic (exact) mass is 220 g/mol. The van der Waals surface area contributed by atoms with Crippen molar-refractivity contribution < 1.29 is 9.53 Å². The summed E-state index contributed by atoms with van der Waals surface area (Å²) in [5, 5.41) is 0. The van der Waals surface area contributed by atoms with Crippen LogP contribution in [-0.2, 0) is 9.53 Å². The Hall–Kier alpha value is -1.05. The summed E-state index contributed by atoms with van der Waals surface area (Å²) in [6.07, 6.45) is 9.79. The SMILES string of the molecule is C=CCOC(=O)C1CCC2=C(CCCC2)C1. The molecule has 0 amide bonds. The van der Waals surface area contributed by atoms with Crippen LogP contribution in [0.4, 0.5) is 0 Å². The average molecular weight is 220 g/mol. The van der Waals surface area contributed by atoms with Crippen LogP contribution in [0.5, 0.6) is 0 Å². The highest BCUT2D eigenvalue weighted by atomic mass is 16.5. The van der Waals surface area contributed by atoms with E-state index in [1.165, 1.54) is 25.7 Å². The summed E-state index contributed by atoms with van der Waals surface area (Å²) in [4.78, 5) is 11.7. The molecule has 0 heterocycles. The first-order chi connectivity index (χ1) is 7.81. The van der Waals surface area contributed by atoms with Gasteiger partial charge in [-0.25, -0.2) is 0 Å². The maximum absolute atomic E-state index is 11.7. The molecule has 0 bridgehead atoms. The molecule has 0 aliphatic heterocycles. The summed E-state index contributed by atoms with van der Waals surface area (Å²) in [5.41, 5.74) is 3.19. The van der Waals surface area contributed by atoms with Crippen molar-refractivity contribution in [1.29, 1.82) is 0 Å². The summed E-state index contributed by atoms with van der Waals surface area (Å²) < 4.78 is 5.13. The van der Waals surface area contributed by atoms with Crippen LogP contribution in [0.25, 0.3) is 0 Å². The number of hydrogen-bond donors (Lipinski definition) is 0. The lowest BCUT2D eigenvalue weighted by molar-refractivity contribution is -0.147. The molecule has 2 rings (SSSR count). The van der Waals surface area contributed by atoms with Gasteiger partial charge in [0.05, 0.1) is 5.92 Å². The summed E-state index contributed by atoms with van der Waals surface area (Å²) in [5.74, 6) is 0.0776. The first-order valence-electron chi connectivity index (χ1n) is 6.28. The van der Waals surface area contributed by atoms with E-state index in [1.54, 1.807) is 17.2 Å². The maximum Gasteiger partial charge on any atom is 0.309 e. The first-order valence-corrected chi connectivity index (χ1v) is 6.28. The second kappa shape index (κ2) is 5.33. The number of allylic oxidation sites excluding steroid dienone is 2. The normalized spacial score (nSPS) is 24.9. The van der Waals surface area contributed by atoms with Gasteiger partial charge in [-0.1, -0.05) is 23.8 Å². The Morgan fingerprint density at radius 3 is 2.81 bits per heavy atom. The van der Waals surface area contributed by atoms with Crippen LogP contribution in [-0.4, -0.2) is 12.6 Å². The van der Waals surface area contributed by atoms with Crippen molar-refractivity contribution in [2.45, 2.75) is 44.9 Å².